The molecule has 8 atom stereocenters. The molecule has 4 heteroatoms. The van der Waals surface area contributed by atoms with E-state index in [0.29, 0.717) is 23.7 Å². The van der Waals surface area contributed by atoms with Crippen molar-refractivity contribution in [3.05, 3.63) is 29.8 Å². The van der Waals surface area contributed by atoms with Crippen molar-refractivity contribution in [2.45, 2.75) is 18.8 Å². The Bertz CT molecular complexity index is 766. The van der Waals surface area contributed by atoms with Crippen molar-refractivity contribution in [3.8, 4) is 0 Å². The summed E-state index contributed by atoms with van der Waals surface area (Å²) in [6.45, 7) is 2.38. The molecule has 124 valence electrons. The Morgan fingerprint density at radius 3 is 2.58 bits per heavy atom. The molecule has 2 bridgehead atoms. The second-order valence-electron chi connectivity index (χ2n) is 8.72. The van der Waals surface area contributed by atoms with Crippen molar-refractivity contribution in [3.63, 3.8) is 0 Å². The average molecular weight is 322 g/mol. The molecule has 0 amide bonds. The van der Waals surface area contributed by atoms with E-state index in [1.165, 1.54) is 17.7 Å². The summed E-state index contributed by atoms with van der Waals surface area (Å²) in [6.07, 6.45) is 1.41. The van der Waals surface area contributed by atoms with Gasteiger partial charge in [0.15, 0.2) is 5.79 Å². The van der Waals surface area contributed by atoms with Gasteiger partial charge < -0.3 is 15.2 Å². The number of fused-ring (bicyclic) bond motifs is 4. The fourth-order valence-corrected chi connectivity index (χ4v) is 7.99. The van der Waals surface area contributed by atoms with Crippen LogP contribution in [0.25, 0.3) is 0 Å². The Kier molecular flexibility index (Phi) is 2.09. The summed E-state index contributed by atoms with van der Waals surface area (Å²) < 4.78 is 12.6. The highest BCUT2D eigenvalue weighted by Crippen LogP contribution is 2.85. The van der Waals surface area contributed by atoms with Gasteiger partial charge in [0, 0.05) is 35.1 Å². The summed E-state index contributed by atoms with van der Waals surface area (Å²) in [5.41, 5.74) is 9.41. The van der Waals surface area contributed by atoms with Crippen molar-refractivity contribution in [1.29, 1.82) is 0 Å². The van der Waals surface area contributed by atoms with Crippen LogP contribution in [0.3, 0.4) is 0 Å². The first-order valence-electron chi connectivity index (χ1n) is 9.46. The van der Waals surface area contributed by atoms with Gasteiger partial charge in [-0.15, -0.1) is 0 Å². The first-order valence-corrected chi connectivity index (χ1v) is 9.46. The summed E-state index contributed by atoms with van der Waals surface area (Å²) >= 11 is 0. The SMILES string of the molecule is Nc1ccc(CN=C2C3C4CC5C6C4C2C6C2(OCCO2)C53)cc1. The average Bonchev–Trinajstić information content (AvgIpc) is 3.25. The summed E-state index contributed by atoms with van der Waals surface area (Å²) in [5, 5.41) is 0. The first kappa shape index (κ1) is 12.9. The fraction of sp³-hybridized carbons (Fsp3) is 0.650. The van der Waals surface area contributed by atoms with Crippen molar-refractivity contribution >= 4 is 11.4 Å². The third kappa shape index (κ3) is 1.16. The van der Waals surface area contributed by atoms with Crippen LogP contribution in [-0.4, -0.2) is 24.7 Å². The molecule has 4 nitrogen and oxygen atoms in total. The number of rotatable bonds is 2. The van der Waals surface area contributed by atoms with Gasteiger partial charge in [-0.1, -0.05) is 12.1 Å². The van der Waals surface area contributed by atoms with Crippen LogP contribution in [0.5, 0.6) is 0 Å². The molecule has 6 aliphatic rings. The maximum absolute atomic E-state index is 6.30. The van der Waals surface area contributed by atoms with Gasteiger partial charge in [0.1, 0.15) is 0 Å². The number of nitrogens with two attached hydrogens (primary N) is 1. The highest BCUT2D eigenvalue weighted by Gasteiger charge is 2.88. The number of benzene rings is 1. The van der Waals surface area contributed by atoms with E-state index in [2.05, 4.69) is 12.1 Å². The summed E-state index contributed by atoms with van der Waals surface area (Å²) in [7, 11) is 0. The van der Waals surface area contributed by atoms with Crippen LogP contribution in [0.15, 0.2) is 29.3 Å². The van der Waals surface area contributed by atoms with E-state index in [4.69, 9.17) is 20.2 Å². The van der Waals surface area contributed by atoms with Gasteiger partial charge in [-0.25, -0.2) is 0 Å². The number of hydrogen-bond donors (Lipinski definition) is 1. The third-order valence-corrected chi connectivity index (χ3v) is 8.28. The van der Waals surface area contributed by atoms with Gasteiger partial charge in [0.05, 0.1) is 19.8 Å². The minimum Gasteiger partial charge on any atom is -0.399 e. The summed E-state index contributed by atoms with van der Waals surface area (Å²) in [5.74, 6) is 5.80. The molecule has 8 unspecified atom stereocenters. The zero-order chi connectivity index (χ0) is 15.6. The lowest BCUT2D eigenvalue weighted by Gasteiger charge is -2.51. The molecular formula is C20H22N2O2. The van der Waals surface area contributed by atoms with Crippen LogP contribution in [0.2, 0.25) is 0 Å². The number of nitrogens with zero attached hydrogens (tertiary/aromatic N) is 1. The molecule has 1 spiro atoms. The maximum Gasteiger partial charge on any atom is 0.175 e. The van der Waals surface area contributed by atoms with Crippen LogP contribution in [0.1, 0.15) is 12.0 Å². The van der Waals surface area contributed by atoms with E-state index in [0.717, 1.165) is 49.1 Å². The fourth-order valence-electron chi connectivity index (χ4n) is 7.99. The van der Waals surface area contributed by atoms with Crippen molar-refractivity contribution < 1.29 is 9.47 Å². The van der Waals surface area contributed by atoms with Crippen LogP contribution >= 0.6 is 0 Å². The van der Waals surface area contributed by atoms with Crippen molar-refractivity contribution in [2.24, 2.45) is 52.3 Å². The molecule has 0 aromatic heterocycles. The van der Waals surface area contributed by atoms with Crippen LogP contribution < -0.4 is 5.73 Å². The second kappa shape index (κ2) is 3.88. The molecular weight excluding hydrogens is 300 g/mol. The normalized spacial score (nSPS) is 52.1. The zero-order valence-corrected chi connectivity index (χ0v) is 13.6. The lowest BCUT2D eigenvalue weighted by molar-refractivity contribution is -0.240. The smallest absolute Gasteiger partial charge is 0.175 e. The Labute approximate surface area is 141 Å². The Morgan fingerprint density at radius 2 is 1.79 bits per heavy atom. The Balaban J connectivity index is 1.28. The Morgan fingerprint density at radius 1 is 1.00 bits per heavy atom. The minimum absolute atomic E-state index is 0.216. The standard InChI is InChI=1S/C20H22N2O2/c21-10-3-1-9(2-4-10)8-22-19-15-11-7-12-14-13(11)16(19)18(14)20(17(12)15)23-5-6-24-20/h1-4,11-18H,5-8,21H2. The van der Waals surface area contributed by atoms with Gasteiger partial charge in [-0.3, -0.25) is 4.99 Å². The predicted octanol–water partition coefficient (Wildman–Crippen LogP) is 2.34. The molecule has 0 radical (unpaired) electrons. The molecule has 5 saturated carbocycles. The molecule has 24 heavy (non-hydrogen) atoms. The maximum atomic E-state index is 6.30. The van der Waals surface area contributed by atoms with E-state index in [-0.39, 0.29) is 5.79 Å². The molecule has 2 N–H and O–H groups in total. The van der Waals surface area contributed by atoms with Gasteiger partial charge in [-0.05, 0) is 47.8 Å². The number of anilines is 1. The highest BCUT2D eigenvalue weighted by molar-refractivity contribution is 5.96. The van der Waals surface area contributed by atoms with Crippen molar-refractivity contribution in [1.82, 2.24) is 0 Å². The summed E-state index contributed by atoms with van der Waals surface area (Å²) in [6, 6.07) is 8.17. The lowest BCUT2D eigenvalue weighted by Crippen LogP contribution is -2.58. The topological polar surface area (TPSA) is 56.8 Å². The van der Waals surface area contributed by atoms with Crippen molar-refractivity contribution in [2.75, 3.05) is 18.9 Å². The van der Waals surface area contributed by atoms with Crippen LogP contribution in [0.4, 0.5) is 5.69 Å². The summed E-state index contributed by atoms with van der Waals surface area (Å²) in [4.78, 5) is 5.16. The highest BCUT2D eigenvalue weighted by atomic mass is 16.7. The largest absolute Gasteiger partial charge is 0.399 e. The van der Waals surface area contributed by atoms with Crippen LogP contribution in [-0.2, 0) is 16.0 Å². The van der Waals surface area contributed by atoms with Gasteiger partial charge >= 0.3 is 0 Å². The quantitative estimate of drug-likeness (QED) is 0.850. The molecule has 1 heterocycles. The molecule has 1 aromatic rings. The monoisotopic (exact) mass is 322 g/mol. The minimum atomic E-state index is -0.216. The van der Waals surface area contributed by atoms with E-state index in [1.807, 2.05) is 12.1 Å². The van der Waals surface area contributed by atoms with E-state index in [1.54, 1.807) is 0 Å². The number of hydrogen-bond acceptors (Lipinski definition) is 4. The van der Waals surface area contributed by atoms with Gasteiger partial charge in [0.25, 0.3) is 0 Å². The Hall–Kier alpha value is -1.39. The molecule has 7 rings (SSSR count). The van der Waals surface area contributed by atoms with Gasteiger partial charge in [-0.2, -0.15) is 0 Å². The molecule has 5 aliphatic carbocycles. The first-order chi connectivity index (χ1) is 11.8. The molecule has 1 aliphatic heterocycles. The van der Waals surface area contributed by atoms with Crippen LogP contribution in [0, 0.1) is 47.3 Å². The van der Waals surface area contributed by atoms with E-state index < -0.39 is 0 Å². The van der Waals surface area contributed by atoms with E-state index in [9.17, 15) is 0 Å². The van der Waals surface area contributed by atoms with Gasteiger partial charge in [0.2, 0.25) is 0 Å². The molecule has 1 saturated heterocycles. The predicted molar refractivity (Wildman–Crippen MR) is 89.2 cm³/mol. The second-order valence-corrected chi connectivity index (χ2v) is 8.72. The zero-order valence-electron chi connectivity index (χ0n) is 13.6. The third-order valence-electron chi connectivity index (χ3n) is 8.28. The lowest BCUT2D eigenvalue weighted by atomic mass is 9.58. The molecule has 6 fully saturated rings. The molecule has 1 aromatic carbocycles. The number of aliphatic imine (C=N–C) groups is 1. The van der Waals surface area contributed by atoms with E-state index >= 15 is 0 Å². The number of ether oxygens (including phenoxy) is 2. The number of nitrogen functional groups attached to an aromatic ring is 1.